The first kappa shape index (κ1) is 18.8. The van der Waals surface area contributed by atoms with Crippen molar-refractivity contribution in [2.24, 2.45) is 0 Å². The molecule has 5 nitrogen and oxygen atoms in total. The van der Waals surface area contributed by atoms with Gasteiger partial charge in [0.1, 0.15) is 0 Å². The molecule has 0 bridgehead atoms. The summed E-state index contributed by atoms with van der Waals surface area (Å²) in [6.07, 6.45) is 7.60. The number of unbranched alkanes of at least 4 members (excludes halogenated alkanes) is 7. The number of rotatable bonds is 11. The van der Waals surface area contributed by atoms with Crippen LogP contribution in [0.2, 0.25) is 0 Å². The Balaban J connectivity index is 2.10. The monoisotopic (exact) mass is 303 g/mol. The van der Waals surface area contributed by atoms with E-state index in [0.29, 0.717) is 6.42 Å². The minimum absolute atomic E-state index is 0.237. The highest BCUT2D eigenvalue weighted by atomic mass is 16.3. The molecule has 0 aliphatic carbocycles. The number of hydrogen-bond acceptors (Lipinski definition) is 5. The second kappa shape index (κ2) is 10.5. The molecule has 1 fully saturated rings. The van der Waals surface area contributed by atoms with Gasteiger partial charge in [0.05, 0.1) is 37.0 Å². The highest BCUT2D eigenvalue weighted by molar-refractivity contribution is 5.00. The molecular weight excluding hydrogens is 270 g/mol. The number of nitrogens with one attached hydrogen (secondary N) is 1. The molecule has 0 unspecified atom stereocenters. The molecule has 0 saturated carbocycles. The van der Waals surface area contributed by atoms with Gasteiger partial charge in [-0.05, 0) is 6.42 Å². The Bertz CT molecular complexity index is 265. The second-order valence-electron chi connectivity index (χ2n) is 6.29. The van der Waals surface area contributed by atoms with E-state index in [1.807, 2.05) is 0 Å². The van der Waals surface area contributed by atoms with Gasteiger partial charge >= 0.3 is 0 Å². The quantitative estimate of drug-likeness (QED) is 0.366. The molecule has 0 aromatic rings. The lowest BCUT2D eigenvalue weighted by Crippen LogP contribution is -2.44. The van der Waals surface area contributed by atoms with Crippen LogP contribution in [0.3, 0.4) is 0 Å². The maximum Gasteiger partial charge on any atom is 0.0993 e. The first-order valence-corrected chi connectivity index (χ1v) is 8.53. The first-order chi connectivity index (χ1) is 10.1. The van der Waals surface area contributed by atoms with E-state index < -0.39 is 30.4 Å². The van der Waals surface area contributed by atoms with Crippen molar-refractivity contribution >= 4 is 0 Å². The normalized spacial score (nSPS) is 30.7. The van der Waals surface area contributed by atoms with Crippen LogP contribution in [0.25, 0.3) is 0 Å². The molecule has 21 heavy (non-hydrogen) atoms. The van der Waals surface area contributed by atoms with Crippen LogP contribution >= 0.6 is 0 Å². The SMILES string of the molecule is CCCCCCCCCC[C@H](O)[C@H]1N[C@H](CO)[C@@H](O)[C@@H]1O. The summed E-state index contributed by atoms with van der Waals surface area (Å²) < 4.78 is 0. The van der Waals surface area contributed by atoms with Gasteiger partial charge in [0.15, 0.2) is 0 Å². The molecule has 1 aliphatic heterocycles. The predicted molar refractivity (Wildman–Crippen MR) is 83.0 cm³/mol. The molecule has 5 atom stereocenters. The van der Waals surface area contributed by atoms with E-state index in [9.17, 15) is 15.3 Å². The van der Waals surface area contributed by atoms with E-state index in [-0.39, 0.29) is 6.61 Å². The Hall–Kier alpha value is -0.200. The van der Waals surface area contributed by atoms with Crippen LogP contribution in [-0.4, -0.2) is 57.4 Å². The predicted octanol–water partition coefficient (Wildman–Crippen LogP) is 0.933. The van der Waals surface area contributed by atoms with E-state index >= 15 is 0 Å². The van der Waals surface area contributed by atoms with E-state index in [0.717, 1.165) is 12.8 Å². The lowest BCUT2D eigenvalue weighted by atomic mass is 9.98. The smallest absolute Gasteiger partial charge is 0.0993 e. The van der Waals surface area contributed by atoms with Gasteiger partial charge in [-0.15, -0.1) is 0 Å². The summed E-state index contributed by atoms with van der Waals surface area (Å²) in [7, 11) is 0. The fraction of sp³-hybridized carbons (Fsp3) is 1.00. The average molecular weight is 303 g/mol. The van der Waals surface area contributed by atoms with E-state index in [4.69, 9.17) is 5.11 Å². The fourth-order valence-electron chi connectivity index (χ4n) is 3.06. The molecule has 126 valence electrons. The van der Waals surface area contributed by atoms with Gasteiger partial charge < -0.3 is 25.7 Å². The molecule has 1 aliphatic rings. The Morgan fingerprint density at radius 2 is 1.48 bits per heavy atom. The summed E-state index contributed by atoms with van der Waals surface area (Å²) in [6.45, 7) is 1.98. The van der Waals surface area contributed by atoms with Gasteiger partial charge in [0.2, 0.25) is 0 Å². The summed E-state index contributed by atoms with van der Waals surface area (Å²) in [5, 5.41) is 41.7. The van der Waals surface area contributed by atoms with Gasteiger partial charge in [-0.2, -0.15) is 0 Å². The van der Waals surface area contributed by atoms with Crippen LogP contribution in [0.15, 0.2) is 0 Å². The van der Waals surface area contributed by atoms with E-state index in [1.165, 1.54) is 38.5 Å². The summed E-state index contributed by atoms with van der Waals surface area (Å²) in [5.41, 5.74) is 0. The Morgan fingerprint density at radius 3 is 2.00 bits per heavy atom. The standard InChI is InChI=1S/C16H33NO4/c1-2-3-4-5-6-7-8-9-10-13(19)14-16(21)15(20)12(11-18)17-14/h12-21H,2-11H2,1H3/t12-,13+,14-,15-,16-/m1/s1. The highest BCUT2D eigenvalue weighted by Crippen LogP contribution is 2.20. The topological polar surface area (TPSA) is 93.0 Å². The highest BCUT2D eigenvalue weighted by Gasteiger charge is 2.43. The summed E-state index contributed by atoms with van der Waals surface area (Å²) in [4.78, 5) is 0. The Morgan fingerprint density at radius 1 is 0.905 bits per heavy atom. The van der Waals surface area contributed by atoms with E-state index in [2.05, 4.69) is 12.2 Å². The molecule has 0 amide bonds. The molecular formula is C16H33NO4. The van der Waals surface area contributed by atoms with Crippen LogP contribution in [0.4, 0.5) is 0 Å². The van der Waals surface area contributed by atoms with Crippen molar-refractivity contribution in [3.63, 3.8) is 0 Å². The largest absolute Gasteiger partial charge is 0.395 e. The van der Waals surface area contributed by atoms with Crippen LogP contribution in [0, 0.1) is 0 Å². The minimum atomic E-state index is -1.01. The Labute approximate surface area is 128 Å². The average Bonchev–Trinajstić information content (AvgIpc) is 2.77. The van der Waals surface area contributed by atoms with Gasteiger partial charge in [-0.25, -0.2) is 0 Å². The molecule has 5 N–H and O–H groups in total. The first-order valence-electron chi connectivity index (χ1n) is 8.53. The summed E-state index contributed by atoms with van der Waals surface area (Å²) in [5.74, 6) is 0. The van der Waals surface area contributed by atoms with Crippen LogP contribution in [0.1, 0.15) is 64.7 Å². The molecule has 1 saturated heterocycles. The molecule has 5 heteroatoms. The van der Waals surface area contributed by atoms with Crippen molar-refractivity contribution in [1.29, 1.82) is 0 Å². The number of aliphatic hydroxyl groups is 4. The van der Waals surface area contributed by atoms with Gasteiger partial charge in [-0.3, -0.25) is 0 Å². The zero-order valence-electron chi connectivity index (χ0n) is 13.2. The third-order valence-corrected chi connectivity index (χ3v) is 4.50. The third kappa shape index (κ3) is 6.20. The molecule has 0 radical (unpaired) electrons. The summed E-state index contributed by atoms with van der Waals surface area (Å²) in [6, 6.07) is -1.08. The minimum Gasteiger partial charge on any atom is -0.395 e. The molecule has 1 heterocycles. The Kier molecular flexibility index (Phi) is 9.44. The second-order valence-corrected chi connectivity index (χ2v) is 6.29. The summed E-state index contributed by atoms with van der Waals surface area (Å²) >= 11 is 0. The number of hydrogen-bond donors (Lipinski definition) is 5. The van der Waals surface area contributed by atoms with Crippen molar-refractivity contribution in [2.75, 3.05) is 6.61 Å². The van der Waals surface area contributed by atoms with Gasteiger partial charge in [0.25, 0.3) is 0 Å². The molecule has 1 rings (SSSR count). The van der Waals surface area contributed by atoms with Gasteiger partial charge in [0, 0.05) is 0 Å². The lowest BCUT2D eigenvalue weighted by Gasteiger charge is -2.22. The van der Waals surface area contributed by atoms with Crippen molar-refractivity contribution in [3.8, 4) is 0 Å². The van der Waals surface area contributed by atoms with E-state index in [1.54, 1.807) is 0 Å². The van der Waals surface area contributed by atoms with Crippen molar-refractivity contribution in [1.82, 2.24) is 5.32 Å². The zero-order chi connectivity index (χ0) is 15.7. The molecule has 0 aromatic heterocycles. The maximum atomic E-state index is 10.1. The van der Waals surface area contributed by atoms with Crippen LogP contribution < -0.4 is 5.32 Å². The molecule has 0 aromatic carbocycles. The van der Waals surface area contributed by atoms with Crippen LogP contribution in [0.5, 0.6) is 0 Å². The van der Waals surface area contributed by atoms with Crippen molar-refractivity contribution < 1.29 is 20.4 Å². The zero-order valence-corrected chi connectivity index (χ0v) is 13.2. The van der Waals surface area contributed by atoms with Crippen LogP contribution in [-0.2, 0) is 0 Å². The van der Waals surface area contributed by atoms with Gasteiger partial charge in [-0.1, -0.05) is 58.3 Å². The third-order valence-electron chi connectivity index (χ3n) is 4.50. The maximum absolute atomic E-state index is 10.1. The van der Waals surface area contributed by atoms with Crippen molar-refractivity contribution in [2.45, 2.75) is 95.1 Å². The lowest BCUT2D eigenvalue weighted by molar-refractivity contribution is -0.00443. The fourth-order valence-corrected chi connectivity index (χ4v) is 3.06. The van der Waals surface area contributed by atoms with Crippen molar-refractivity contribution in [3.05, 3.63) is 0 Å². The number of aliphatic hydroxyl groups excluding tert-OH is 4. The molecule has 0 spiro atoms.